The van der Waals surface area contributed by atoms with Crippen molar-refractivity contribution in [3.05, 3.63) is 58.7 Å². The highest BCUT2D eigenvalue weighted by atomic mass is 32.1. The molecule has 0 fully saturated rings. The van der Waals surface area contributed by atoms with Crippen molar-refractivity contribution in [2.24, 2.45) is 0 Å². The predicted octanol–water partition coefficient (Wildman–Crippen LogP) is 3.37. The Bertz CT molecular complexity index is 613. The van der Waals surface area contributed by atoms with Gasteiger partial charge in [0, 0.05) is 6.54 Å². The van der Waals surface area contributed by atoms with Gasteiger partial charge in [0.2, 0.25) is 0 Å². The molecule has 0 atom stereocenters. The van der Waals surface area contributed by atoms with E-state index in [1.54, 1.807) is 35.4 Å². The molecule has 2 aromatic heterocycles. The normalized spacial score (nSPS) is 10.2. The fourth-order valence-corrected chi connectivity index (χ4v) is 2.63. The standard InChI is InChI=1S/C15H15NO3S/c1-3-8-16(10-12-5-4-9-19-12)15(18)14-7-6-13(20-14)11(2)17/h3-7,9H,1,8,10H2,2H3. The molecule has 5 heteroatoms. The van der Waals surface area contributed by atoms with E-state index in [4.69, 9.17) is 4.42 Å². The summed E-state index contributed by atoms with van der Waals surface area (Å²) in [6, 6.07) is 6.96. The van der Waals surface area contributed by atoms with Crippen molar-refractivity contribution in [2.75, 3.05) is 6.54 Å². The molecule has 1 amide bonds. The summed E-state index contributed by atoms with van der Waals surface area (Å²) >= 11 is 1.21. The number of amides is 1. The van der Waals surface area contributed by atoms with Gasteiger partial charge in [-0.25, -0.2) is 0 Å². The van der Waals surface area contributed by atoms with Crippen LogP contribution >= 0.6 is 11.3 Å². The van der Waals surface area contributed by atoms with Gasteiger partial charge in [-0.2, -0.15) is 0 Å². The summed E-state index contributed by atoms with van der Waals surface area (Å²) in [6.45, 7) is 5.96. The maximum absolute atomic E-state index is 12.4. The van der Waals surface area contributed by atoms with Gasteiger partial charge in [-0.15, -0.1) is 17.9 Å². The molecule has 2 heterocycles. The van der Waals surface area contributed by atoms with E-state index in [0.29, 0.717) is 28.6 Å². The van der Waals surface area contributed by atoms with Crippen LogP contribution < -0.4 is 0 Å². The lowest BCUT2D eigenvalue weighted by Crippen LogP contribution is -2.29. The van der Waals surface area contributed by atoms with E-state index in [9.17, 15) is 9.59 Å². The molecule has 4 nitrogen and oxygen atoms in total. The minimum absolute atomic E-state index is 0.0321. The molecule has 0 unspecified atom stereocenters. The van der Waals surface area contributed by atoms with Crippen LogP contribution in [0.3, 0.4) is 0 Å². The average Bonchev–Trinajstić information content (AvgIpc) is 3.08. The number of hydrogen-bond acceptors (Lipinski definition) is 4. The Morgan fingerprint density at radius 3 is 2.65 bits per heavy atom. The molecule has 0 aliphatic rings. The summed E-state index contributed by atoms with van der Waals surface area (Å²) in [7, 11) is 0. The molecular weight excluding hydrogens is 274 g/mol. The van der Waals surface area contributed by atoms with Crippen molar-refractivity contribution in [3.8, 4) is 0 Å². The van der Waals surface area contributed by atoms with E-state index in [1.807, 2.05) is 6.07 Å². The largest absolute Gasteiger partial charge is 0.467 e. The molecule has 0 radical (unpaired) electrons. The molecule has 0 aromatic carbocycles. The van der Waals surface area contributed by atoms with Crippen LogP contribution in [0.25, 0.3) is 0 Å². The lowest BCUT2D eigenvalue weighted by molar-refractivity contribution is 0.0756. The molecule has 0 spiro atoms. The Labute approximate surface area is 121 Å². The summed E-state index contributed by atoms with van der Waals surface area (Å²) in [5.74, 6) is 0.553. The van der Waals surface area contributed by atoms with Crippen LogP contribution in [-0.2, 0) is 6.54 Å². The van der Waals surface area contributed by atoms with Crippen molar-refractivity contribution in [3.63, 3.8) is 0 Å². The number of carbonyl (C=O) groups is 2. The molecule has 2 aromatic rings. The van der Waals surface area contributed by atoms with Crippen LogP contribution in [0.5, 0.6) is 0 Å². The maximum Gasteiger partial charge on any atom is 0.264 e. The van der Waals surface area contributed by atoms with Gasteiger partial charge in [0.1, 0.15) is 5.76 Å². The molecule has 20 heavy (non-hydrogen) atoms. The monoisotopic (exact) mass is 289 g/mol. The lowest BCUT2D eigenvalue weighted by Gasteiger charge is -2.18. The number of carbonyl (C=O) groups excluding carboxylic acids is 2. The van der Waals surface area contributed by atoms with Crippen LogP contribution in [0, 0.1) is 0 Å². The van der Waals surface area contributed by atoms with E-state index in [-0.39, 0.29) is 11.7 Å². The number of ketones is 1. The Kier molecular flexibility index (Phi) is 4.53. The Balaban J connectivity index is 2.17. The summed E-state index contributed by atoms with van der Waals surface area (Å²) < 4.78 is 5.26. The average molecular weight is 289 g/mol. The number of furan rings is 1. The van der Waals surface area contributed by atoms with Crippen molar-refractivity contribution < 1.29 is 14.0 Å². The third kappa shape index (κ3) is 3.24. The number of Topliss-reactive ketones (excluding diaryl/α,β-unsaturated/α-hetero) is 1. The fraction of sp³-hybridized carbons (Fsp3) is 0.200. The number of nitrogens with zero attached hydrogens (tertiary/aromatic N) is 1. The van der Waals surface area contributed by atoms with Gasteiger partial charge >= 0.3 is 0 Å². The highest BCUT2D eigenvalue weighted by Gasteiger charge is 2.18. The second kappa shape index (κ2) is 6.34. The highest BCUT2D eigenvalue weighted by molar-refractivity contribution is 7.15. The predicted molar refractivity (Wildman–Crippen MR) is 78.0 cm³/mol. The Morgan fingerprint density at radius 2 is 2.10 bits per heavy atom. The van der Waals surface area contributed by atoms with Gasteiger partial charge in [-0.05, 0) is 31.2 Å². The van der Waals surface area contributed by atoms with Gasteiger partial charge < -0.3 is 9.32 Å². The SMILES string of the molecule is C=CCN(Cc1ccco1)C(=O)c1ccc(C(C)=O)s1. The molecule has 2 rings (SSSR count). The number of thiophene rings is 1. The van der Waals surface area contributed by atoms with E-state index in [1.165, 1.54) is 18.3 Å². The summed E-state index contributed by atoms with van der Waals surface area (Å²) in [5.41, 5.74) is 0. The van der Waals surface area contributed by atoms with E-state index in [0.717, 1.165) is 0 Å². The molecule has 0 aliphatic heterocycles. The second-order valence-corrected chi connectivity index (χ2v) is 5.36. The lowest BCUT2D eigenvalue weighted by atomic mass is 10.3. The Morgan fingerprint density at radius 1 is 1.35 bits per heavy atom. The zero-order valence-corrected chi connectivity index (χ0v) is 12.0. The van der Waals surface area contributed by atoms with Crippen LogP contribution in [0.2, 0.25) is 0 Å². The van der Waals surface area contributed by atoms with Gasteiger partial charge in [0.25, 0.3) is 5.91 Å². The van der Waals surface area contributed by atoms with Crippen molar-refractivity contribution >= 4 is 23.0 Å². The van der Waals surface area contributed by atoms with Crippen LogP contribution in [-0.4, -0.2) is 23.1 Å². The van der Waals surface area contributed by atoms with Gasteiger partial charge in [0.15, 0.2) is 5.78 Å². The van der Waals surface area contributed by atoms with Crippen LogP contribution in [0.4, 0.5) is 0 Å². The first-order chi connectivity index (χ1) is 9.61. The first-order valence-corrected chi connectivity index (χ1v) is 6.96. The first kappa shape index (κ1) is 14.3. The van der Waals surface area contributed by atoms with E-state index >= 15 is 0 Å². The molecule has 0 saturated heterocycles. The maximum atomic E-state index is 12.4. The summed E-state index contributed by atoms with van der Waals surface area (Å²) in [4.78, 5) is 26.5. The summed E-state index contributed by atoms with van der Waals surface area (Å²) in [5, 5.41) is 0. The van der Waals surface area contributed by atoms with Crippen molar-refractivity contribution in [1.29, 1.82) is 0 Å². The zero-order chi connectivity index (χ0) is 14.5. The quantitative estimate of drug-likeness (QED) is 0.605. The van der Waals surface area contributed by atoms with Gasteiger partial charge in [-0.1, -0.05) is 6.08 Å². The minimum Gasteiger partial charge on any atom is -0.467 e. The minimum atomic E-state index is -0.126. The topological polar surface area (TPSA) is 50.5 Å². The first-order valence-electron chi connectivity index (χ1n) is 6.15. The Hall–Kier alpha value is -2.14. The van der Waals surface area contributed by atoms with Crippen molar-refractivity contribution in [1.82, 2.24) is 4.90 Å². The zero-order valence-electron chi connectivity index (χ0n) is 11.2. The van der Waals surface area contributed by atoms with Crippen LogP contribution in [0.15, 0.2) is 47.6 Å². The molecule has 0 N–H and O–H groups in total. The number of rotatable bonds is 6. The fourth-order valence-electron chi connectivity index (χ4n) is 1.76. The number of hydrogen-bond donors (Lipinski definition) is 0. The van der Waals surface area contributed by atoms with E-state index < -0.39 is 0 Å². The highest BCUT2D eigenvalue weighted by Crippen LogP contribution is 2.20. The summed E-state index contributed by atoms with van der Waals surface area (Å²) in [6.07, 6.45) is 3.24. The van der Waals surface area contributed by atoms with Gasteiger partial charge in [0.05, 0.1) is 22.6 Å². The molecule has 0 saturated carbocycles. The molecule has 0 aliphatic carbocycles. The molecule has 104 valence electrons. The molecule has 0 bridgehead atoms. The third-order valence-corrected chi connectivity index (χ3v) is 3.90. The van der Waals surface area contributed by atoms with Crippen LogP contribution in [0.1, 0.15) is 32.0 Å². The van der Waals surface area contributed by atoms with Gasteiger partial charge in [-0.3, -0.25) is 9.59 Å². The smallest absolute Gasteiger partial charge is 0.264 e. The van der Waals surface area contributed by atoms with Crippen molar-refractivity contribution in [2.45, 2.75) is 13.5 Å². The van der Waals surface area contributed by atoms with E-state index in [2.05, 4.69) is 6.58 Å². The third-order valence-electron chi connectivity index (χ3n) is 2.73. The second-order valence-electron chi connectivity index (χ2n) is 4.27. The molecular formula is C15H15NO3S.